The lowest BCUT2D eigenvalue weighted by molar-refractivity contribution is -0.116. The van der Waals surface area contributed by atoms with Gasteiger partial charge in [0.25, 0.3) is 0 Å². The molecule has 4 nitrogen and oxygen atoms in total. The highest BCUT2D eigenvalue weighted by Gasteiger charge is 2.15. The zero-order chi connectivity index (χ0) is 14.8. The van der Waals surface area contributed by atoms with E-state index in [1.54, 1.807) is 0 Å². The highest BCUT2D eigenvalue weighted by Crippen LogP contribution is 2.29. The summed E-state index contributed by atoms with van der Waals surface area (Å²) >= 11 is 0. The fraction of sp³-hybridized carbons (Fsp3) is 0.235. The van der Waals surface area contributed by atoms with Gasteiger partial charge < -0.3 is 15.8 Å². The van der Waals surface area contributed by atoms with Gasteiger partial charge in [0.05, 0.1) is 0 Å². The van der Waals surface area contributed by atoms with E-state index in [0.717, 1.165) is 34.7 Å². The number of fused-ring (bicyclic) bond motifs is 1. The Balaban J connectivity index is 1.77. The minimum Gasteiger partial charge on any atom is -0.457 e. The zero-order valence-electron chi connectivity index (χ0n) is 11.9. The monoisotopic (exact) mass is 282 g/mol. The summed E-state index contributed by atoms with van der Waals surface area (Å²) in [4.78, 5) is 11.3. The molecule has 1 atom stereocenters. The average Bonchev–Trinajstić information content (AvgIpc) is 2.48. The molecule has 2 aromatic rings. The van der Waals surface area contributed by atoms with Crippen molar-refractivity contribution in [1.82, 2.24) is 0 Å². The number of anilines is 1. The lowest BCUT2D eigenvalue weighted by Crippen LogP contribution is -2.18. The van der Waals surface area contributed by atoms with Gasteiger partial charge in [0, 0.05) is 18.2 Å². The second kappa shape index (κ2) is 5.58. The van der Waals surface area contributed by atoms with E-state index < -0.39 is 0 Å². The van der Waals surface area contributed by atoms with Crippen molar-refractivity contribution in [3.8, 4) is 11.5 Å². The SMILES string of the molecule is CC(N)c1ccc(Oc2ccc3c(c2)CCC(=O)N3)cc1. The highest BCUT2D eigenvalue weighted by atomic mass is 16.5. The van der Waals surface area contributed by atoms with Crippen LogP contribution in [0.5, 0.6) is 11.5 Å². The Kier molecular flexibility index (Phi) is 3.62. The van der Waals surface area contributed by atoms with Gasteiger partial charge >= 0.3 is 0 Å². The lowest BCUT2D eigenvalue weighted by atomic mass is 10.0. The second-order valence-corrected chi connectivity index (χ2v) is 5.33. The number of nitrogens with one attached hydrogen (secondary N) is 1. The molecular formula is C17H18N2O2. The van der Waals surface area contributed by atoms with Gasteiger partial charge in [0.1, 0.15) is 11.5 Å². The molecule has 108 valence electrons. The van der Waals surface area contributed by atoms with Gasteiger partial charge in [-0.3, -0.25) is 4.79 Å². The minimum atomic E-state index is 0.0198. The lowest BCUT2D eigenvalue weighted by Gasteiger charge is -2.17. The van der Waals surface area contributed by atoms with Crippen LogP contribution in [0.15, 0.2) is 42.5 Å². The van der Waals surface area contributed by atoms with Crippen LogP contribution in [0.1, 0.15) is 30.5 Å². The smallest absolute Gasteiger partial charge is 0.224 e. The molecule has 0 aromatic heterocycles. The number of benzene rings is 2. The molecular weight excluding hydrogens is 264 g/mol. The molecule has 0 aliphatic carbocycles. The summed E-state index contributed by atoms with van der Waals surface area (Å²) in [6.07, 6.45) is 1.28. The van der Waals surface area contributed by atoms with Crippen molar-refractivity contribution < 1.29 is 9.53 Å². The van der Waals surface area contributed by atoms with E-state index in [1.807, 2.05) is 49.4 Å². The summed E-state index contributed by atoms with van der Waals surface area (Å²) in [5, 5.41) is 2.86. The summed E-state index contributed by atoms with van der Waals surface area (Å²) in [6.45, 7) is 1.95. The quantitative estimate of drug-likeness (QED) is 0.907. The third-order valence-corrected chi connectivity index (χ3v) is 3.61. The number of carbonyl (C=O) groups excluding carboxylic acids is 1. The molecule has 0 spiro atoms. The Labute approximate surface area is 123 Å². The number of amides is 1. The molecule has 21 heavy (non-hydrogen) atoms. The van der Waals surface area contributed by atoms with Gasteiger partial charge in [-0.2, -0.15) is 0 Å². The Morgan fingerprint density at radius 1 is 1.10 bits per heavy atom. The molecule has 1 amide bonds. The first-order valence-corrected chi connectivity index (χ1v) is 7.08. The highest BCUT2D eigenvalue weighted by molar-refractivity contribution is 5.94. The van der Waals surface area contributed by atoms with Gasteiger partial charge in [0.2, 0.25) is 5.91 Å². The summed E-state index contributed by atoms with van der Waals surface area (Å²) < 4.78 is 5.85. The molecule has 1 aliphatic rings. The molecule has 2 aromatic carbocycles. The van der Waals surface area contributed by atoms with Crippen LogP contribution in [0.3, 0.4) is 0 Å². The fourth-order valence-electron chi connectivity index (χ4n) is 2.40. The molecule has 0 fully saturated rings. The summed E-state index contributed by atoms with van der Waals surface area (Å²) in [7, 11) is 0. The molecule has 1 aliphatic heterocycles. The Hall–Kier alpha value is -2.33. The van der Waals surface area contributed by atoms with Gasteiger partial charge in [0.15, 0.2) is 0 Å². The van der Waals surface area contributed by atoms with Crippen molar-refractivity contribution in [2.45, 2.75) is 25.8 Å². The third-order valence-electron chi connectivity index (χ3n) is 3.61. The maximum Gasteiger partial charge on any atom is 0.224 e. The summed E-state index contributed by atoms with van der Waals surface area (Å²) in [6, 6.07) is 13.5. The molecule has 0 saturated carbocycles. The molecule has 0 bridgehead atoms. The zero-order valence-corrected chi connectivity index (χ0v) is 11.9. The maximum atomic E-state index is 11.3. The van der Waals surface area contributed by atoms with Crippen molar-refractivity contribution >= 4 is 11.6 Å². The molecule has 3 N–H and O–H groups in total. The molecule has 3 rings (SSSR count). The predicted molar refractivity (Wildman–Crippen MR) is 82.5 cm³/mol. The number of hydrogen-bond acceptors (Lipinski definition) is 3. The van der Waals surface area contributed by atoms with Crippen molar-refractivity contribution in [1.29, 1.82) is 0 Å². The van der Waals surface area contributed by atoms with E-state index in [9.17, 15) is 4.79 Å². The normalized spacial score (nSPS) is 15.0. The molecule has 1 heterocycles. The molecule has 0 radical (unpaired) electrons. The molecule has 0 saturated heterocycles. The van der Waals surface area contributed by atoms with E-state index in [1.165, 1.54) is 0 Å². The number of ether oxygens (including phenoxy) is 1. The van der Waals surface area contributed by atoms with Crippen LogP contribution in [-0.2, 0) is 11.2 Å². The second-order valence-electron chi connectivity index (χ2n) is 5.33. The number of rotatable bonds is 3. The van der Waals surface area contributed by atoms with Crippen LogP contribution < -0.4 is 15.8 Å². The van der Waals surface area contributed by atoms with E-state index in [0.29, 0.717) is 6.42 Å². The van der Waals surface area contributed by atoms with Gasteiger partial charge in [-0.15, -0.1) is 0 Å². The van der Waals surface area contributed by atoms with Crippen LogP contribution in [0, 0.1) is 0 Å². The third kappa shape index (κ3) is 3.06. The number of hydrogen-bond donors (Lipinski definition) is 2. The molecule has 4 heteroatoms. The maximum absolute atomic E-state index is 11.3. The number of aryl methyl sites for hydroxylation is 1. The fourth-order valence-corrected chi connectivity index (χ4v) is 2.40. The van der Waals surface area contributed by atoms with Crippen LogP contribution in [0.25, 0.3) is 0 Å². The molecule has 1 unspecified atom stereocenters. The Bertz CT molecular complexity index is 663. The Morgan fingerprint density at radius 2 is 1.81 bits per heavy atom. The first kappa shape index (κ1) is 13.6. The van der Waals surface area contributed by atoms with E-state index in [2.05, 4.69) is 5.32 Å². The first-order chi connectivity index (χ1) is 10.1. The number of carbonyl (C=O) groups is 1. The van der Waals surface area contributed by atoms with Crippen molar-refractivity contribution in [2.24, 2.45) is 5.73 Å². The van der Waals surface area contributed by atoms with E-state index in [-0.39, 0.29) is 11.9 Å². The minimum absolute atomic E-state index is 0.0198. The Morgan fingerprint density at radius 3 is 2.52 bits per heavy atom. The average molecular weight is 282 g/mol. The topological polar surface area (TPSA) is 64.3 Å². The van der Waals surface area contributed by atoms with Crippen molar-refractivity contribution in [2.75, 3.05) is 5.32 Å². The van der Waals surface area contributed by atoms with Gasteiger partial charge in [-0.05, 0) is 54.8 Å². The van der Waals surface area contributed by atoms with Crippen molar-refractivity contribution in [3.05, 3.63) is 53.6 Å². The van der Waals surface area contributed by atoms with E-state index >= 15 is 0 Å². The van der Waals surface area contributed by atoms with E-state index in [4.69, 9.17) is 10.5 Å². The number of nitrogens with two attached hydrogens (primary N) is 1. The van der Waals surface area contributed by atoms with Crippen LogP contribution in [-0.4, -0.2) is 5.91 Å². The van der Waals surface area contributed by atoms with Gasteiger partial charge in [-0.25, -0.2) is 0 Å². The largest absolute Gasteiger partial charge is 0.457 e. The van der Waals surface area contributed by atoms with Crippen molar-refractivity contribution in [3.63, 3.8) is 0 Å². The summed E-state index contributed by atoms with van der Waals surface area (Å²) in [5.74, 6) is 1.63. The van der Waals surface area contributed by atoms with Crippen LogP contribution >= 0.6 is 0 Å². The predicted octanol–water partition coefficient (Wildman–Crippen LogP) is 3.38. The van der Waals surface area contributed by atoms with Crippen LogP contribution in [0.2, 0.25) is 0 Å². The summed E-state index contributed by atoms with van der Waals surface area (Å²) in [5.41, 5.74) is 8.90. The standard InChI is InChI=1S/C17H18N2O2/c1-11(18)12-2-5-14(6-3-12)21-15-7-8-16-13(10-15)4-9-17(20)19-16/h2-3,5-8,10-11H,4,9,18H2,1H3,(H,19,20). The first-order valence-electron chi connectivity index (χ1n) is 7.08. The van der Waals surface area contributed by atoms with Gasteiger partial charge in [-0.1, -0.05) is 12.1 Å². The van der Waals surface area contributed by atoms with Crippen LogP contribution in [0.4, 0.5) is 5.69 Å².